The fraction of sp³-hybridized carbons (Fsp3) is 0.545. The number of anilines is 2. The summed E-state index contributed by atoms with van der Waals surface area (Å²) in [6, 6.07) is 0. The van der Waals surface area contributed by atoms with Crippen LogP contribution in [0.1, 0.15) is 25.4 Å². The van der Waals surface area contributed by atoms with Crippen molar-refractivity contribution < 1.29 is 0 Å². The van der Waals surface area contributed by atoms with Gasteiger partial charge in [-0.3, -0.25) is 0 Å². The monoisotopic (exact) mass is 277 g/mol. The Hall–Kier alpha value is -2.29. The van der Waals surface area contributed by atoms with Crippen molar-refractivity contribution >= 4 is 11.9 Å². The van der Waals surface area contributed by atoms with Crippen LogP contribution in [0.2, 0.25) is 0 Å². The van der Waals surface area contributed by atoms with E-state index in [9.17, 15) is 0 Å². The van der Waals surface area contributed by atoms with E-state index >= 15 is 0 Å². The van der Waals surface area contributed by atoms with Crippen LogP contribution < -0.4 is 16.4 Å². The molecule has 9 heteroatoms. The molecule has 0 amide bonds. The topological polar surface area (TPSA) is 125 Å². The molecule has 4 N–H and O–H groups in total. The average Bonchev–Trinajstić information content (AvgIpc) is 2.76. The van der Waals surface area contributed by atoms with Crippen molar-refractivity contribution in [2.24, 2.45) is 5.73 Å². The van der Waals surface area contributed by atoms with Crippen LogP contribution in [0.3, 0.4) is 0 Å². The van der Waals surface area contributed by atoms with Crippen LogP contribution in [0.15, 0.2) is 6.20 Å². The molecule has 0 radical (unpaired) electrons. The molecule has 0 bridgehead atoms. The third-order valence-electron chi connectivity index (χ3n) is 2.59. The lowest BCUT2D eigenvalue weighted by Crippen LogP contribution is -2.29. The summed E-state index contributed by atoms with van der Waals surface area (Å²) in [6.07, 6.45) is 1.77. The summed E-state index contributed by atoms with van der Waals surface area (Å²) in [5.41, 5.74) is 11.8. The van der Waals surface area contributed by atoms with E-state index in [1.165, 1.54) is 0 Å². The zero-order valence-electron chi connectivity index (χ0n) is 12.1. The molecular formula is C11H19N9. The smallest absolute Gasteiger partial charge is 0.229 e. The van der Waals surface area contributed by atoms with Crippen LogP contribution in [0.4, 0.5) is 11.9 Å². The molecule has 2 aromatic rings. The molecule has 0 saturated heterocycles. The van der Waals surface area contributed by atoms with Gasteiger partial charge in [0, 0.05) is 14.1 Å². The Morgan fingerprint density at radius 2 is 1.95 bits per heavy atom. The van der Waals surface area contributed by atoms with Crippen LogP contribution in [-0.2, 0) is 12.1 Å². The summed E-state index contributed by atoms with van der Waals surface area (Å²) in [5.74, 6) is 1.21. The first kappa shape index (κ1) is 14.1. The normalized spacial score (nSPS) is 11.7. The second-order valence-electron chi connectivity index (χ2n) is 5.33. The van der Waals surface area contributed by atoms with Gasteiger partial charge in [-0.1, -0.05) is 5.21 Å². The van der Waals surface area contributed by atoms with Gasteiger partial charge >= 0.3 is 0 Å². The summed E-state index contributed by atoms with van der Waals surface area (Å²) < 4.78 is 1.62. The zero-order valence-corrected chi connectivity index (χ0v) is 12.1. The quantitative estimate of drug-likeness (QED) is 0.755. The Morgan fingerprint density at radius 1 is 1.25 bits per heavy atom. The van der Waals surface area contributed by atoms with Gasteiger partial charge in [-0.15, -0.1) is 5.10 Å². The molecule has 0 aliphatic rings. The number of rotatable bonds is 4. The number of aromatic nitrogens is 6. The zero-order chi connectivity index (χ0) is 14.9. The summed E-state index contributed by atoms with van der Waals surface area (Å²) in [6.45, 7) is 4.09. The molecular weight excluding hydrogens is 258 g/mol. The molecule has 2 heterocycles. The van der Waals surface area contributed by atoms with Crippen molar-refractivity contribution in [1.82, 2.24) is 29.9 Å². The maximum atomic E-state index is 5.97. The second-order valence-corrected chi connectivity index (χ2v) is 5.33. The van der Waals surface area contributed by atoms with Crippen molar-refractivity contribution in [3.05, 3.63) is 17.7 Å². The van der Waals surface area contributed by atoms with Gasteiger partial charge in [-0.25, -0.2) is 4.68 Å². The fourth-order valence-corrected chi connectivity index (χ4v) is 1.51. The summed E-state index contributed by atoms with van der Waals surface area (Å²) in [4.78, 5) is 14.2. The highest BCUT2D eigenvalue weighted by Gasteiger charge is 2.18. The SMILES string of the molecule is CN(C)c1nc(N)nc(Cn2cc(C(C)(C)N)nn2)n1. The summed E-state index contributed by atoms with van der Waals surface area (Å²) in [7, 11) is 3.67. The van der Waals surface area contributed by atoms with Crippen molar-refractivity contribution in [3.63, 3.8) is 0 Å². The van der Waals surface area contributed by atoms with Gasteiger partial charge in [0.05, 0.1) is 11.7 Å². The summed E-state index contributed by atoms with van der Waals surface area (Å²) >= 11 is 0. The predicted octanol–water partition coefficient (Wildman–Crippen LogP) is -0.647. The second kappa shape index (κ2) is 5.00. The Kier molecular flexibility index (Phi) is 3.53. The molecule has 2 aromatic heterocycles. The van der Waals surface area contributed by atoms with E-state index in [0.29, 0.717) is 24.0 Å². The van der Waals surface area contributed by atoms with E-state index in [0.717, 1.165) is 0 Å². The predicted molar refractivity (Wildman–Crippen MR) is 74.9 cm³/mol. The van der Waals surface area contributed by atoms with E-state index in [-0.39, 0.29) is 5.95 Å². The molecule has 2 rings (SSSR count). The average molecular weight is 277 g/mol. The number of hydrogen-bond donors (Lipinski definition) is 2. The molecule has 108 valence electrons. The minimum absolute atomic E-state index is 0.179. The van der Waals surface area contributed by atoms with E-state index in [1.54, 1.807) is 15.8 Å². The standard InChI is InChI=1S/C11H19N9/c1-11(2,13)7-5-20(18-17-7)6-8-14-9(12)16-10(15-8)19(3)4/h5H,6,13H2,1-4H3,(H2,12,14,15,16). The van der Waals surface area contributed by atoms with Crippen molar-refractivity contribution in [3.8, 4) is 0 Å². The first-order valence-electron chi connectivity index (χ1n) is 6.13. The number of nitrogens with two attached hydrogens (primary N) is 2. The van der Waals surface area contributed by atoms with Crippen LogP contribution in [0.25, 0.3) is 0 Å². The third-order valence-corrected chi connectivity index (χ3v) is 2.59. The Morgan fingerprint density at radius 3 is 2.50 bits per heavy atom. The van der Waals surface area contributed by atoms with Crippen LogP contribution in [-0.4, -0.2) is 44.0 Å². The first-order chi connectivity index (χ1) is 9.25. The van der Waals surface area contributed by atoms with Gasteiger partial charge in [0.2, 0.25) is 11.9 Å². The minimum atomic E-state index is -0.537. The van der Waals surface area contributed by atoms with Crippen molar-refractivity contribution in [2.75, 3.05) is 24.7 Å². The number of hydrogen-bond acceptors (Lipinski definition) is 8. The van der Waals surface area contributed by atoms with Crippen molar-refractivity contribution in [1.29, 1.82) is 0 Å². The molecule has 20 heavy (non-hydrogen) atoms. The molecule has 0 unspecified atom stereocenters. The first-order valence-corrected chi connectivity index (χ1v) is 6.13. The van der Waals surface area contributed by atoms with Crippen LogP contribution >= 0.6 is 0 Å². The molecule has 0 saturated carbocycles. The van der Waals surface area contributed by atoms with Gasteiger partial charge in [0.15, 0.2) is 5.82 Å². The molecule has 0 atom stereocenters. The highest BCUT2D eigenvalue weighted by atomic mass is 15.4. The summed E-state index contributed by atoms with van der Waals surface area (Å²) in [5, 5.41) is 8.05. The molecule has 0 aromatic carbocycles. The van der Waals surface area contributed by atoms with E-state index in [4.69, 9.17) is 11.5 Å². The van der Waals surface area contributed by atoms with Crippen molar-refractivity contribution in [2.45, 2.75) is 25.9 Å². The van der Waals surface area contributed by atoms with E-state index < -0.39 is 5.54 Å². The highest BCUT2D eigenvalue weighted by Crippen LogP contribution is 2.13. The van der Waals surface area contributed by atoms with Crippen LogP contribution in [0, 0.1) is 0 Å². The Bertz CT molecular complexity index is 596. The molecule has 0 aliphatic carbocycles. The van der Waals surface area contributed by atoms with Gasteiger partial charge < -0.3 is 16.4 Å². The molecule has 0 fully saturated rings. The van der Waals surface area contributed by atoms with Gasteiger partial charge in [0.25, 0.3) is 0 Å². The third kappa shape index (κ3) is 3.18. The lowest BCUT2D eigenvalue weighted by atomic mass is 10.0. The molecule has 0 aliphatic heterocycles. The van der Waals surface area contributed by atoms with Gasteiger partial charge in [0.1, 0.15) is 12.2 Å². The fourth-order valence-electron chi connectivity index (χ4n) is 1.51. The van der Waals surface area contributed by atoms with Gasteiger partial charge in [-0.2, -0.15) is 15.0 Å². The van der Waals surface area contributed by atoms with E-state index in [2.05, 4.69) is 25.3 Å². The highest BCUT2D eigenvalue weighted by molar-refractivity contribution is 5.32. The number of nitrogen functional groups attached to an aromatic ring is 1. The van der Waals surface area contributed by atoms with Crippen LogP contribution in [0.5, 0.6) is 0 Å². The van der Waals surface area contributed by atoms with Gasteiger partial charge in [-0.05, 0) is 13.8 Å². The molecule has 0 spiro atoms. The minimum Gasteiger partial charge on any atom is -0.368 e. The van der Waals surface area contributed by atoms with E-state index in [1.807, 2.05) is 27.9 Å². The maximum Gasteiger partial charge on any atom is 0.229 e. The molecule has 9 nitrogen and oxygen atoms in total. The Labute approximate surface area is 117 Å². The number of nitrogens with zero attached hydrogens (tertiary/aromatic N) is 7. The largest absolute Gasteiger partial charge is 0.368 e. The Balaban J connectivity index is 2.24. The lowest BCUT2D eigenvalue weighted by molar-refractivity contribution is 0.533. The lowest BCUT2D eigenvalue weighted by Gasteiger charge is -2.13. The maximum absolute atomic E-state index is 5.97.